The van der Waals surface area contributed by atoms with E-state index < -0.39 is 15.1 Å². The fraction of sp³-hybridized carbons (Fsp3) is 0.588. The fourth-order valence-electron chi connectivity index (χ4n) is 3.43. The van der Waals surface area contributed by atoms with Crippen LogP contribution in [0.1, 0.15) is 31.2 Å². The number of nitrogens with zero attached hydrogens (tertiary/aromatic N) is 1. The molecule has 2 aliphatic rings. The minimum Gasteiger partial charge on any atom is -0.337 e. The molecule has 0 aromatic heterocycles. The van der Waals surface area contributed by atoms with Crippen molar-refractivity contribution in [3.05, 3.63) is 35.9 Å². The number of amides is 2. The Balaban J connectivity index is 1.54. The Kier molecular flexibility index (Phi) is 4.36. The predicted molar refractivity (Wildman–Crippen MR) is 90.2 cm³/mol. The average Bonchev–Trinajstić information content (AvgIpc) is 3.23. The number of urea groups is 1. The van der Waals surface area contributed by atoms with E-state index in [2.05, 4.69) is 17.4 Å². The van der Waals surface area contributed by atoms with Crippen LogP contribution in [0.3, 0.4) is 0 Å². The molecule has 1 aromatic rings. The molecule has 1 heterocycles. The summed E-state index contributed by atoms with van der Waals surface area (Å²) >= 11 is 0. The van der Waals surface area contributed by atoms with Gasteiger partial charge in [0.25, 0.3) is 0 Å². The van der Waals surface area contributed by atoms with Crippen molar-refractivity contribution in [2.24, 2.45) is 0 Å². The Morgan fingerprint density at radius 3 is 2.57 bits per heavy atom. The normalized spacial score (nSPS) is 24.1. The largest absolute Gasteiger partial charge is 0.337 e. The highest BCUT2D eigenvalue weighted by Crippen LogP contribution is 2.48. The molecule has 0 spiro atoms. The number of benzene rings is 1. The van der Waals surface area contributed by atoms with E-state index in [1.807, 2.05) is 18.2 Å². The topological polar surface area (TPSA) is 66.5 Å². The molecule has 1 saturated heterocycles. The maximum atomic E-state index is 12.3. The Morgan fingerprint density at radius 2 is 2.00 bits per heavy atom. The predicted octanol–water partition coefficient (Wildman–Crippen LogP) is 1.94. The third-order valence-corrected chi connectivity index (χ3v) is 7.35. The van der Waals surface area contributed by atoms with Crippen molar-refractivity contribution < 1.29 is 13.2 Å². The van der Waals surface area contributed by atoms with Gasteiger partial charge in [0.1, 0.15) is 0 Å². The summed E-state index contributed by atoms with van der Waals surface area (Å²) < 4.78 is 23.6. The van der Waals surface area contributed by atoms with Crippen molar-refractivity contribution in [2.45, 2.75) is 36.3 Å². The van der Waals surface area contributed by atoms with E-state index in [1.165, 1.54) is 5.56 Å². The molecule has 2 amide bonds. The smallest absolute Gasteiger partial charge is 0.317 e. The highest BCUT2D eigenvalue weighted by Gasteiger charge is 2.45. The second kappa shape index (κ2) is 6.15. The Labute approximate surface area is 138 Å². The lowest BCUT2D eigenvalue weighted by Crippen LogP contribution is -2.44. The lowest BCUT2D eigenvalue weighted by molar-refractivity contribution is 0.204. The third kappa shape index (κ3) is 3.52. The minimum absolute atomic E-state index is 0.0762. The van der Waals surface area contributed by atoms with Gasteiger partial charge in [0.05, 0.1) is 11.0 Å². The van der Waals surface area contributed by atoms with Crippen LogP contribution in [0.5, 0.6) is 0 Å². The zero-order valence-electron chi connectivity index (χ0n) is 13.5. The molecule has 0 radical (unpaired) electrons. The van der Waals surface area contributed by atoms with Gasteiger partial charge >= 0.3 is 6.03 Å². The number of hydrogen-bond donors (Lipinski definition) is 1. The molecule has 1 aliphatic heterocycles. The maximum absolute atomic E-state index is 12.3. The average molecular weight is 336 g/mol. The van der Waals surface area contributed by atoms with Gasteiger partial charge in [0, 0.05) is 25.6 Å². The van der Waals surface area contributed by atoms with E-state index in [1.54, 1.807) is 11.9 Å². The molecule has 1 saturated carbocycles. The molecule has 6 heteroatoms. The Morgan fingerprint density at radius 1 is 1.30 bits per heavy atom. The number of rotatable bonds is 5. The molecule has 1 N–H and O–H groups in total. The highest BCUT2D eigenvalue weighted by molar-refractivity contribution is 7.92. The summed E-state index contributed by atoms with van der Waals surface area (Å²) in [6, 6.07) is 10.1. The van der Waals surface area contributed by atoms with Crippen molar-refractivity contribution >= 4 is 15.9 Å². The molecule has 2 fully saturated rings. The first-order chi connectivity index (χ1) is 10.9. The monoisotopic (exact) mass is 336 g/mol. The van der Waals surface area contributed by atoms with Gasteiger partial charge < -0.3 is 10.2 Å². The summed E-state index contributed by atoms with van der Waals surface area (Å²) in [5, 5.41) is 2.38. The van der Waals surface area contributed by atoms with E-state index >= 15 is 0 Å². The van der Waals surface area contributed by atoms with Gasteiger partial charge in [0.15, 0.2) is 9.84 Å². The van der Waals surface area contributed by atoms with E-state index in [0.29, 0.717) is 19.4 Å². The van der Waals surface area contributed by atoms with Gasteiger partial charge in [-0.1, -0.05) is 30.3 Å². The summed E-state index contributed by atoms with van der Waals surface area (Å²) in [5.74, 6) is 0.250. The van der Waals surface area contributed by atoms with Gasteiger partial charge in [-0.25, -0.2) is 13.2 Å². The van der Waals surface area contributed by atoms with E-state index in [-0.39, 0.29) is 23.7 Å². The maximum Gasteiger partial charge on any atom is 0.317 e. The molecule has 1 aliphatic carbocycles. The highest BCUT2D eigenvalue weighted by atomic mass is 32.2. The zero-order chi connectivity index (χ0) is 16.5. The molecule has 3 rings (SSSR count). The number of likely N-dealkylation sites (N-methyl/N-ethyl adjacent to an activating group) is 1. The zero-order valence-corrected chi connectivity index (χ0v) is 14.3. The molecule has 5 nitrogen and oxygen atoms in total. The van der Waals surface area contributed by atoms with Crippen LogP contribution < -0.4 is 5.32 Å². The van der Waals surface area contributed by atoms with Crippen molar-refractivity contribution in [2.75, 3.05) is 25.9 Å². The van der Waals surface area contributed by atoms with E-state index in [0.717, 1.165) is 12.8 Å². The van der Waals surface area contributed by atoms with Gasteiger partial charge in [-0.2, -0.15) is 0 Å². The third-order valence-electron chi connectivity index (χ3n) is 5.07. The summed E-state index contributed by atoms with van der Waals surface area (Å²) in [6.45, 7) is 0.893. The van der Waals surface area contributed by atoms with E-state index in [4.69, 9.17) is 0 Å². The van der Waals surface area contributed by atoms with Crippen molar-refractivity contribution in [1.29, 1.82) is 0 Å². The van der Waals surface area contributed by atoms with Crippen LogP contribution in [0.25, 0.3) is 0 Å². The van der Waals surface area contributed by atoms with E-state index in [9.17, 15) is 13.2 Å². The van der Waals surface area contributed by atoms with Crippen LogP contribution in [-0.2, 0) is 15.3 Å². The molecular formula is C17H24N2O3S. The summed E-state index contributed by atoms with van der Waals surface area (Å²) in [5.41, 5.74) is 1.35. The summed E-state index contributed by atoms with van der Waals surface area (Å²) in [7, 11) is -1.23. The first-order valence-corrected chi connectivity index (χ1v) is 9.91. The summed E-state index contributed by atoms with van der Waals surface area (Å²) in [6.07, 6.45) is 3.54. The van der Waals surface area contributed by atoms with Crippen molar-refractivity contribution in [1.82, 2.24) is 10.2 Å². The van der Waals surface area contributed by atoms with Gasteiger partial charge in [-0.3, -0.25) is 0 Å². The first kappa shape index (κ1) is 16.3. The lowest BCUT2D eigenvalue weighted by Gasteiger charge is -2.25. The number of hydrogen-bond acceptors (Lipinski definition) is 3. The van der Waals surface area contributed by atoms with Crippen molar-refractivity contribution in [3.63, 3.8) is 0 Å². The van der Waals surface area contributed by atoms with Crippen molar-refractivity contribution in [3.8, 4) is 0 Å². The van der Waals surface area contributed by atoms with Gasteiger partial charge in [-0.15, -0.1) is 0 Å². The quantitative estimate of drug-likeness (QED) is 0.893. The second-order valence-corrected chi connectivity index (χ2v) is 9.22. The van der Waals surface area contributed by atoms with Crippen LogP contribution in [0, 0.1) is 0 Å². The van der Waals surface area contributed by atoms with Gasteiger partial charge in [0.2, 0.25) is 0 Å². The standard InChI is InChI=1S/C17H24N2O3S/c1-19(13-17(9-10-17)14-6-3-2-4-7-14)16(20)18-12-15-8-5-11-23(15,21)22/h2-4,6-7,15H,5,8-13H2,1H3,(H,18,20)/t15-/m0/s1. The molecular weight excluding hydrogens is 312 g/mol. The van der Waals surface area contributed by atoms with Crippen LogP contribution in [0.4, 0.5) is 4.79 Å². The molecule has 0 bridgehead atoms. The molecule has 126 valence electrons. The second-order valence-electron chi connectivity index (χ2n) is 6.82. The fourth-order valence-corrected chi connectivity index (χ4v) is 5.20. The van der Waals surface area contributed by atoms with Crippen LogP contribution in [-0.4, -0.2) is 50.5 Å². The molecule has 1 atom stereocenters. The molecule has 0 unspecified atom stereocenters. The van der Waals surface area contributed by atoms with Crippen LogP contribution in [0.2, 0.25) is 0 Å². The van der Waals surface area contributed by atoms with Crippen LogP contribution >= 0.6 is 0 Å². The lowest BCUT2D eigenvalue weighted by atomic mass is 9.95. The Hall–Kier alpha value is -1.56. The molecule has 23 heavy (non-hydrogen) atoms. The number of carbonyl (C=O) groups excluding carboxylic acids is 1. The minimum atomic E-state index is -3.01. The number of carbonyl (C=O) groups is 1. The summed E-state index contributed by atoms with van der Waals surface area (Å²) in [4.78, 5) is 13.9. The van der Waals surface area contributed by atoms with Crippen LogP contribution in [0.15, 0.2) is 30.3 Å². The van der Waals surface area contributed by atoms with Gasteiger partial charge in [-0.05, 0) is 31.2 Å². The molecule has 1 aromatic carbocycles. The number of sulfone groups is 1. The first-order valence-electron chi connectivity index (χ1n) is 8.19. The SMILES string of the molecule is CN(CC1(c2ccccc2)CC1)C(=O)NC[C@@H]1CCCS1(=O)=O. The Bertz CT molecular complexity index is 668. The number of nitrogens with one attached hydrogen (secondary N) is 1.